The van der Waals surface area contributed by atoms with E-state index in [0.29, 0.717) is 0 Å². The third-order valence-corrected chi connectivity index (χ3v) is 4.75. The van der Waals surface area contributed by atoms with E-state index in [9.17, 15) is 22.0 Å². The Labute approximate surface area is 184 Å². The topological polar surface area (TPSA) is 71.1 Å². The van der Waals surface area contributed by atoms with Crippen LogP contribution in [0.1, 0.15) is 6.92 Å². The highest BCUT2D eigenvalue weighted by molar-refractivity contribution is 7.97. The van der Waals surface area contributed by atoms with E-state index in [2.05, 4.69) is 25.3 Å². The molecular formula is C20H18F5N5OS. The number of ether oxygens (including phenoxy) is 1. The molecule has 6 nitrogen and oxygen atoms in total. The van der Waals surface area contributed by atoms with Crippen LogP contribution in [0.4, 0.5) is 45.0 Å². The number of aromatic nitrogens is 2. The van der Waals surface area contributed by atoms with Crippen LogP contribution in [0.2, 0.25) is 0 Å². The van der Waals surface area contributed by atoms with Gasteiger partial charge in [0.2, 0.25) is 0 Å². The first kappa shape index (κ1) is 23.5. The van der Waals surface area contributed by atoms with Crippen molar-refractivity contribution in [3.05, 3.63) is 60.4 Å². The smallest absolute Gasteiger partial charge is 0.425 e. The fourth-order valence-corrected chi connectivity index (χ4v) is 3.05. The lowest BCUT2D eigenvalue weighted by molar-refractivity contribution is -0.189. The third-order valence-electron chi connectivity index (χ3n) is 4.06. The zero-order chi connectivity index (χ0) is 23.3. The molecule has 1 unspecified atom stereocenters. The summed E-state index contributed by atoms with van der Waals surface area (Å²) in [6.45, 7) is 0.911. The van der Waals surface area contributed by atoms with Gasteiger partial charge in [-0.05, 0) is 56.3 Å². The molecule has 1 aromatic heterocycles. The highest BCUT2D eigenvalue weighted by atomic mass is 32.2. The Morgan fingerprint density at radius 1 is 0.938 bits per heavy atom. The van der Waals surface area contributed by atoms with Gasteiger partial charge in [-0.2, -0.15) is 13.2 Å². The Morgan fingerprint density at radius 3 is 2.31 bits per heavy atom. The Bertz CT molecular complexity index is 1080. The van der Waals surface area contributed by atoms with Gasteiger partial charge in [-0.25, -0.2) is 18.7 Å². The van der Waals surface area contributed by atoms with E-state index in [1.807, 2.05) is 0 Å². The monoisotopic (exact) mass is 471 g/mol. The van der Waals surface area contributed by atoms with Crippen LogP contribution < -0.4 is 20.1 Å². The molecule has 3 aromatic rings. The predicted octanol–water partition coefficient (Wildman–Crippen LogP) is 5.80. The summed E-state index contributed by atoms with van der Waals surface area (Å²) in [5.41, 5.74) is 0.503. The summed E-state index contributed by atoms with van der Waals surface area (Å²) in [6, 6.07) is 9.35. The summed E-state index contributed by atoms with van der Waals surface area (Å²) in [7, 11) is 1.70. The summed E-state index contributed by atoms with van der Waals surface area (Å²) in [4.78, 5) is 8.78. The molecular weight excluding hydrogens is 453 g/mol. The van der Waals surface area contributed by atoms with E-state index in [1.165, 1.54) is 36.5 Å². The zero-order valence-electron chi connectivity index (χ0n) is 16.8. The van der Waals surface area contributed by atoms with Crippen LogP contribution in [0.15, 0.2) is 53.7 Å². The van der Waals surface area contributed by atoms with Crippen molar-refractivity contribution in [3.8, 4) is 5.75 Å². The van der Waals surface area contributed by atoms with Gasteiger partial charge in [0.1, 0.15) is 23.7 Å². The first-order chi connectivity index (χ1) is 15.2. The molecule has 12 heteroatoms. The Balaban J connectivity index is 1.85. The fourth-order valence-electron chi connectivity index (χ4n) is 2.50. The first-order valence-corrected chi connectivity index (χ1v) is 9.99. The lowest BCUT2D eigenvalue weighted by Gasteiger charge is -2.20. The molecule has 0 bridgehead atoms. The molecule has 0 saturated heterocycles. The van der Waals surface area contributed by atoms with Crippen molar-refractivity contribution in [3.63, 3.8) is 0 Å². The van der Waals surface area contributed by atoms with Crippen LogP contribution in [0.3, 0.4) is 0 Å². The average Bonchev–Trinajstić information content (AvgIpc) is 2.72. The van der Waals surface area contributed by atoms with E-state index in [0.717, 1.165) is 24.0 Å². The summed E-state index contributed by atoms with van der Waals surface area (Å²) in [6.07, 6.45) is -5.36. The van der Waals surface area contributed by atoms with Crippen LogP contribution in [0.5, 0.6) is 5.75 Å². The maximum Gasteiger partial charge on any atom is 0.425 e. The van der Waals surface area contributed by atoms with Crippen LogP contribution in [-0.4, -0.2) is 29.3 Å². The van der Waals surface area contributed by atoms with Gasteiger partial charge >= 0.3 is 6.18 Å². The maximum absolute atomic E-state index is 13.4. The van der Waals surface area contributed by atoms with Crippen LogP contribution >= 0.6 is 11.9 Å². The molecule has 0 spiro atoms. The molecule has 170 valence electrons. The van der Waals surface area contributed by atoms with E-state index in [1.54, 1.807) is 19.2 Å². The number of nitrogens with one attached hydrogen (secondary N) is 3. The van der Waals surface area contributed by atoms with Crippen molar-refractivity contribution in [2.45, 2.75) is 24.1 Å². The number of alkyl halides is 3. The third kappa shape index (κ3) is 6.20. The highest BCUT2D eigenvalue weighted by Crippen LogP contribution is 2.34. The predicted molar refractivity (Wildman–Crippen MR) is 112 cm³/mol. The SMILES string of the molecule is CNSc1ccc(OC(C)C(F)(F)F)c(Nc2cc(Nc3ccc(F)c(F)c3)ncn2)c1. The second kappa shape index (κ2) is 10.0. The van der Waals surface area contributed by atoms with Gasteiger partial charge in [-0.15, -0.1) is 0 Å². The fraction of sp³-hybridized carbons (Fsp3) is 0.200. The molecule has 3 N–H and O–H groups in total. The van der Waals surface area contributed by atoms with E-state index in [-0.39, 0.29) is 28.8 Å². The van der Waals surface area contributed by atoms with Crippen molar-refractivity contribution in [1.29, 1.82) is 0 Å². The molecule has 0 radical (unpaired) electrons. The molecule has 0 aliphatic rings. The molecule has 1 atom stereocenters. The lowest BCUT2D eigenvalue weighted by Crippen LogP contribution is -2.31. The van der Waals surface area contributed by atoms with E-state index < -0.39 is 23.9 Å². The maximum atomic E-state index is 13.4. The minimum absolute atomic E-state index is 0.0241. The Hall–Kier alpha value is -3.12. The molecule has 2 aromatic carbocycles. The average molecular weight is 471 g/mol. The summed E-state index contributed by atoms with van der Waals surface area (Å²) >= 11 is 1.26. The number of halogens is 5. The Kier molecular flexibility index (Phi) is 7.36. The molecule has 3 rings (SSSR count). The van der Waals surface area contributed by atoms with Gasteiger partial charge in [0.25, 0.3) is 0 Å². The lowest BCUT2D eigenvalue weighted by atomic mass is 10.2. The van der Waals surface area contributed by atoms with Gasteiger partial charge in [0, 0.05) is 22.7 Å². The highest BCUT2D eigenvalue weighted by Gasteiger charge is 2.38. The van der Waals surface area contributed by atoms with Gasteiger partial charge in [-0.1, -0.05) is 0 Å². The van der Waals surface area contributed by atoms with Gasteiger partial charge in [0.05, 0.1) is 5.69 Å². The molecule has 0 amide bonds. The Morgan fingerprint density at radius 2 is 1.66 bits per heavy atom. The standard InChI is InChI=1S/C20H18F5N5OS/c1-11(20(23,24)25)31-17-6-4-13(32-26-2)8-16(17)30-19-9-18(27-10-28-19)29-12-3-5-14(21)15(22)7-12/h3-11,26H,1-2H3,(H2,27,28,29,30). The summed E-state index contributed by atoms with van der Waals surface area (Å²) < 4.78 is 73.4. The van der Waals surface area contributed by atoms with Crippen LogP contribution in [0, 0.1) is 11.6 Å². The molecule has 32 heavy (non-hydrogen) atoms. The number of hydrogen-bond donors (Lipinski definition) is 3. The molecule has 1 heterocycles. The number of nitrogens with zero attached hydrogens (tertiary/aromatic N) is 2. The largest absolute Gasteiger partial charge is 0.479 e. The van der Waals surface area contributed by atoms with Gasteiger partial charge < -0.3 is 15.4 Å². The zero-order valence-corrected chi connectivity index (χ0v) is 17.6. The van der Waals surface area contributed by atoms with Crippen molar-refractivity contribution in [2.75, 3.05) is 17.7 Å². The van der Waals surface area contributed by atoms with Gasteiger partial charge in [0.15, 0.2) is 17.7 Å². The minimum Gasteiger partial charge on any atom is -0.479 e. The van der Waals surface area contributed by atoms with Crippen molar-refractivity contribution >= 4 is 35.0 Å². The molecule has 0 fully saturated rings. The number of benzene rings is 2. The number of rotatable bonds is 8. The van der Waals surface area contributed by atoms with Crippen molar-refractivity contribution in [2.24, 2.45) is 0 Å². The van der Waals surface area contributed by atoms with E-state index in [4.69, 9.17) is 4.74 Å². The van der Waals surface area contributed by atoms with E-state index >= 15 is 0 Å². The minimum atomic E-state index is -4.54. The second-order valence-corrected chi connectivity index (χ2v) is 7.52. The first-order valence-electron chi connectivity index (χ1n) is 9.18. The van der Waals surface area contributed by atoms with Crippen molar-refractivity contribution < 1.29 is 26.7 Å². The van der Waals surface area contributed by atoms with Crippen molar-refractivity contribution in [1.82, 2.24) is 14.7 Å². The van der Waals surface area contributed by atoms with Gasteiger partial charge in [-0.3, -0.25) is 4.72 Å². The quantitative estimate of drug-likeness (QED) is 0.283. The summed E-state index contributed by atoms with van der Waals surface area (Å²) in [5, 5.41) is 5.72. The summed E-state index contributed by atoms with van der Waals surface area (Å²) in [5.74, 6) is -1.55. The molecule has 0 aliphatic heterocycles. The second-order valence-electron chi connectivity index (χ2n) is 6.43. The molecule has 0 aliphatic carbocycles. The number of hydrogen-bond acceptors (Lipinski definition) is 7. The number of anilines is 4. The molecule has 0 saturated carbocycles. The van der Waals surface area contributed by atoms with Crippen LogP contribution in [0.25, 0.3) is 0 Å². The van der Waals surface area contributed by atoms with Crippen LogP contribution in [-0.2, 0) is 0 Å². The normalized spacial score (nSPS) is 12.3.